The van der Waals surface area contributed by atoms with Gasteiger partial charge in [0.05, 0.1) is 0 Å². The Morgan fingerprint density at radius 1 is 1.43 bits per heavy atom. The molecule has 1 aromatic heterocycles. The second-order valence-electron chi connectivity index (χ2n) is 6.17. The first-order valence-corrected chi connectivity index (χ1v) is 8.89. The predicted molar refractivity (Wildman–Crippen MR) is 88.4 cm³/mol. The van der Waals surface area contributed by atoms with Crippen LogP contribution in [0, 0.1) is 0 Å². The van der Waals surface area contributed by atoms with E-state index in [1.54, 1.807) is 18.4 Å². The van der Waals surface area contributed by atoms with E-state index in [4.69, 9.17) is 11.6 Å². The molecule has 0 aromatic carbocycles. The van der Waals surface area contributed by atoms with Crippen molar-refractivity contribution in [3.8, 4) is 0 Å². The van der Waals surface area contributed by atoms with Crippen LogP contribution in [0.5, 0.6) is 0 Å². The zero-order chi connectivity index (χ0) is 16.2. The Morgan fingerprint density at radius 2 is 2.05 bits per heavy atom. The van der Waals surface area contributed by atoms with Gasteiger partial charge in [0.15, 0.2) is 0 Å². The number of pyridine rings is 1. The molecule has 0 saturated carbocycles. The molecule has 1 amide bonds. The predicted octanol–water partition coefficient (Wildman–Crippen LogP) is 2.92. The maximum absolute atomic E-state index is 12.2. The van der Waals surface area contributed by atoms with Gasteiger partial charge in [0.2, 0.25) is 0 Å². The highest BCUT2D eigenvalue weighted by Crippen LogP contribution is 2.23. The van der Waals surface area contributed by atoms with Crippen LogP contribution in [0.15, 0.2) is 12.1 Å². The van der Waals surface area contributed by atoms with Crippen molar-refractivity contribution in [1.82, 2.24) is 10.3 Å². The third kappa shape index (κ3) is 5.75. The van der Waals surface area contributed by atoms with Crippen LogP contribution in [-0.4, -0.2) is 33.2 Å². The van der Waals surface area contributed by atoms with E-state index in [0.717, 1.165) is 5.69 Å². The summed E-state index contributed by atoms with van der Waals surface area (Å²) in [5.41, 5.74) is 1.11. The third-order valence-electron chi connectivity index (χ3n) is 3.23. The molecule has 6 heteroatoms. The number of carbonyl (C=O) groups excluding carboxylic acids is 1. The first kappa shape index (κ1) is 18.1. The number of nitrogens with zero attached hydrogens (tertiary/aromatic N) is 1. The monoisotopic (exact) mass is 330 g/mol. The summed E-state index contributed by atoms with van der Waals surface area (Å²) >= 11 is 5.99. The highest BCUT2D eigenvalue weighted by atomic mass is 35.5. The maximum Gasteiger partial charge on any atom is 0.251 e. The van der Waals surface area contributed by atoms with Gasteiger partial charge < -0.3 is 5.32 Å². The molecule has 0 bridgehead atoms. The zero-order valence-corrected chi connectivity index (χ0v) is 14.8. The molecule has 2 atom stereocenters. The summed E-state index contributed by atoms with van der Waals surface area (Å²) in [7, 11) is -0.871. The molecule has 1 heterocycles. The highest BCUT2D eigenvalue weighted by Gasteiger charge is 2.19. The van der Waals surface area contributed by atoms with Gasteiger partial charge in [-0.15, -0.1) is 0 Å². The molecule has 0 saturated heterocycles. The number of aromatic nitrogens is 1. The van der Waals surface area contributed by atoms with Crippen molar-refractivity contribution >= 4 is 28.3 Å². The van der Waals surface area contributed by atoms with Crippen LogP contribution < -0.4 is 5.32 Å². The highest BCUT2D eigenvalue weighted by molar-refractivity contribution is 7.84. The van der Waals surface area contributed by atoms with Crippen LogP contribution in [0.2, 0.25) is 5.15 Å². The van der Waals surface area contributed by atoms with Crippen molar-refractivity contribution in [3.05, 3.63) is 28.5 Å². The van der Waals surface area contributed by atoms with E-state index in [-0.39, 0.29) is 16.6 Å². The molecule has 4 nitrogen and oxygen atoms in total. The summed E-state index contributed by atoms with van der Waals surface area (Å²) in [6.07, 6.45) is 2.35. The largest absolute Gasteiger partial charge is 0.352 e. The van der Waals surface area contributed by atoms with Crippen LogP contribution in [0.25, 0.3) is 0 Å². The molecule has 0 spiro atoms. The van der Waals surface area contributed by atoms with Crippen molar-refractivity contribution in [1.29, 1.82) is 0 Å². The molecule has 21 heavy (non-hydrogen) atoms. The molecule has 1 N–H and O–H groups in total. The molecule has 1 aromatic rings. The lowest BCUT2D eigenvalue weighted by Crippen LogP contribution is -2.28. The van der Waals surface area contributed by atoms with Gasteiger partial charge in [0.1, 0.15) is 5.15 Å². The van der Waals surface area contributed by atoms with Gasteiger partial charge in [-0.2, -0.15) is 0 Å². The fourth-order valence-corrected chi connectivity index (χ4v) is 2.33. The molecule has 0 radical (unpaired) electrons. The molecular weight excluding hydrogens is 308 g/mol. The van der Waals surface area contributed by atoms with Crippen molar-refractivity contribution < 1.29 is 9.00 Å². The van der Waals surface area contributed by atoms with Gasteiger partial charge in [-0.25, -0.2) is 4.98 Å². The van der Waals surface area contributed by atoms with E-state index in [0.29, 0.717) is 23.7 Å². The average molecular weight is 331 g/mol. The van der Waals surface area contributed by atoms with Crippen LogP contribution in [-0.2, 0) is 16.2 Å². The normalized spacial score (nSPS) is 14.6. The number of carbonyl (C=O) groups is 1. The molecule has 1 rings (SSSR count). The molecule has 0 fully saturated rings. The summed E-state index contributed by atoms with van der Waals surface area (Å²) < 4.78 is 11.3. The van der Waals surface area contributed by atoms with Gasteiger partial charge in [-0.1, -0.05) is 39.3 Å². The average Bonchev–Trinajstić information content (AvgIpc) is 2.36. The number of halogens is 1. The lowest BCUT2D eigenvalue weighted by Gasteiger charge is -2.18. The molecule has 0 aliphatic carbocycles. The number of nitrogens with one attached hydrogen (secondary N) is 1. The Morgan fingerprint density at radius 3 is 2.57 bits per heavy atom. The molecule has 0 aliphatic rings. The van der Waals surface area contributed by atoms with Gasteiger partial charge in [0.25, 0.3) is 5.91 Å². The smallest absolute Gasteiger partial charge is 0.251 e. The van der Waals surface area contributed by atoms with E-state index in [2.05, 4.69) is 10.3 Å². The third-order valence-corrected chi connectivity index (χ3v) is 4.79. The van der Waals surface area contributed by atoms with Crippen molar-refractivity contribution in [3.63, 3.8) is 0 Å². The summed E-state index contributed by atoms with van der Waals surface area (Å²) in [6.45, 7) is 8.45. The topological polar surface area (TPSA) is 59.1 Å². The summed E-state index contributed by atoms with van der Waals surface area (Å²) in [6, 6.07) is 3.33. The molecule has 118 valence electrons. The lowest BCUT2D eigenvalue weighted by atomic mass is 9.91. The zero-order valence-electron chi connectivity index (χ0n) is 13.2. The standard InChI is InChI=1S/C15H23ClN2O2S/c1-10(21(5)20)6-7-17-14(19)11-8-12(15(2,3)4)18-13(16)9-11/h8-10H,6-7H2,1-5H3,(H,17,19). The minimum atomic E-state index is -0.871. The second-order valence-corrected chi connectivity index (χ2v) is 8.36. The Bertz CT molecular complexity index is 541. The summed E-state index contributed by atoms with van der Waals surface area (Å²) in [5.74, 6) is -0.182. The lowest BCUT2D eigenvalue weighted by molar-refractivity contribution is 0.0953. The Balaban J connectivity index is 2.75. The van der Waals surface area contributed by atoms with Crippen molar-refractivity contribution in [2.45, 2.75) is 44.8 Å². The molecule has 0 aliphatic heterocycles. The van der Waals surface area contributed by atoms with Gasteiger partial charge in [-0.05, 0) is 18.6 Å². The summed E-state index contributed by atoms with van der Waals surface area (Å²) in [5, 5.41) is 3.21. The minimum Gasteiger partial charge on any atom is -0.352 e. The first-order chi connectivity index (χ1) is 9.61. The van der Waals surface area contributed by atoms with Crippen molar-refractivity contribution in [2.75, 3.05) is 12.8 Å². The van der Waals surface area contributed by atoms with Crippen LogP contribution >= 0.6 is 11.6 Å². The second kappa shape index (κ2) is 7.36. The van der Waals surface area contributed by atoms with Gasteiger partial charge in [0, 0.05) is 45.5 Å². The summed E-state index contributed by atoms with van der Waals surface area (Å²) in [4.78, 5) is 16.4. The minimum absolute atomic E-state index is 0.0662. The van der Waals surface area contributed by atoms with Crippen LogP contribution in [0.4, 0.5) is 0 Å². The number of hydrogen-bond donors (Lipinski definition) is 1. The molecular formula is C15H23ClN2O2S. The van der Waals surface area contributed by atoms with Gasteiger partial charge >= 0.3 is 0 Å². The van der Waals surface area contributed by atoms with Gasteiger partial charge in [-0.3, -0.25) is 9.00 Å². The van der Waals surface area contributed by atoms with Crippen LogP contribution in [0.3, 0.4) is 0 Å². The molecule has 2 unspecified atom stereocenters. The van der Waals surface area contributed by atoms with Crippen molar-refractivity contribution in [2.24, 2.45) is 0 Å². The Labute approximate surface area is 134 Å². The number of rotatable bonds is 5. The fourth-order valence-electron chi connectivity index (χ4n) is 1.67. The van der Waals surface area contributed by atoms with E-state index in [1.165, 1.54) is 0 Å². The van der Waals surface area contributed by atoms with E-state index < -0.39 is 10.8 Å². The fraction of sp³-hybridized carbons (Fsp3) is 0.600. The van der Waals surface area contributed by atoms with E-state index in [1.807, 2.05) is 27.7 Å². The van der Waals surface area contributed by atoms with E-state index >= 15 is 0 Å². The first-order valence-electron chi connectivity index (χ1n) is 6.89. The number of amides is 1. The Hall–Kier alpha value is -0.940. The maximum atomic E-state index is 12.2. The van der Waals surface area contributed by atoms with E-state index in [9.17, 15) is 9.00 Å². The van der Waals surface area contributed by atoms with Crippen LogP contribution in [0.1, 0.15) is 50.2 Å². The SMILES string of the molecule is CC(CCNC(=O)c1cc(Cl)nc(C(C)(C)C)c1)S(C)=O. The Kier molecular flexibility index (Phi) is 6.35. The number of hydrogen-bond acceptors (Lipinski definition) is 3. The quantitative estimate of drug-likeness (QED) is 0.844.